The van der Waals surface area contributed by atoms with Crippen molar-refractivity contribution in [1.82, 2.24) is 15.3 Å². The first-order valence-corrected chi connectivity index (χ1v) is 11.0. The molecule has 0 radical (unpaired) electrons. The van der Waals surface area contributed by atoms with E-state index in [1.807, 2.05) is 0 Å². The molecule has 4 rings (SSSR count). The Bertz CT molecular complexity index is 879. The van der Waals surface area contributed by atoms with Crippen LogP contribution in [0.1, 0.15) is 44.9 Å². The number of aromatic nitrogens is 2. The van der Waals surface area contributed by atoms with Crippen molar-refractivity contribution >= 4 is 11.9 Å². The molecule has 1 N–H and O–H groups in total. The molecule has 1 amide bonds. The molecule has 5 nitrogen and oxygen atoms in total. The van der Waals surface area contributed by atoms with Crippen molar-refractivity contribution in [1.29, 1.82) is 0 Å². The molecule has 1 aliphatic heterocycles. The van der Waals surface area contributed by atoms with Crippen LogP contribution in [-0.4, -0.2) is 35.5 Å². The molecule has 1 aromatic heterocycles. The lowest BCUT2D eigenvalue weighted by Gasteiger charge is -2.32. The molecule has 1 atom stereocenters. The van der Waals surface area contributed by atoms with Gasteiger partial charge in [0.25, 0.3) is 0 Å². The fourth-order valence-electron chi connectivity index (χ4n) is 4.27. The van der Waals surface area contributed by atoms with Crippen molar-refractivity contribution in [2.45, 2.75) is 44.9 Å². The zero-order valence-electron chi connectivity index (χ0n) is 17.3. The molecule has 2 aliphatic rings. The summed E-state index contributed by atoms with van der Waals surface area (Å²) in [6, 6.07) is 6.31. The smallest absolute Gasteiger partial charge is 0.225 e. The third kappa shape index (κ3) is 5.23. The monoisotopic (exact) mass is 408 g/mol. The third-order valence-corrected chi connectivity index (χ3v) is 6.02. The van der Waals surface area contributed by atoms with E-state index >= 15 is 0 Å². The normalized spacial score (nSPS) is 19.3. The van der Waals surface area contributed by atoms with Crippen LogP contribution in [0.3, 0.4) is 0 Å². The van der Waals surface area contributed by atoms with E-state index in [0.717, 1.165) is 43.5 Å². The number of nitrogens with zero attached hydrogens (tertiary/aromatic N) is 3. The van der Waals surface area contributed by atoms with Gasteiger partial charge in [-0.25, -0.2) is 14.4 Å². The fraction of sp³-hybridized carbons (Fsp3) is 0.458. The number of anilines is 1. The zero-order chi connectivity index (χ0) is 20.8. The molecule has 0 bridgehead atoms. The molecule has 0 unspecified atom stereocenters. The van der Waals surface area contributed by atoms with Gasteiger partial charge in [0, 0.05) is 37.6 Å². The minimum atomic E-state index is -0.260. The van der Waals surface area contributed by atoms with Gasteiger partial charge in [-0.1, -0.05) is 23.8 Å². The van der Waals surface area contributed by atoms with Crippen LogP contribution >= 0.6 is 0 Å². The number of hydrogen-bond acceptors (Lipinski definition) is 4. The van der Waals surface area contributed by atoms with Crippen molar-refractivity contribution in [3.63, 3.8) is 0 Å². The predicted molar refractivity (Wildman–Crippen MR) is 117 cm³/mol. The number of benzene rings is 1. The summed E-state index contributed by atoms with van der Waals surface area (Å²) >= 11 is 0. The number of hydrogen-bond donors (Lipinski definition) is 1. The molecule has 6 heteroatoms. The fourth-order valence-corrected chi connectivity index (χ4v) is 4.27. The van der Waals surface area contributed by atoms with Gasteiger partial charge >= 0.3 is 0 Å². The molecular weight excluding hydrogens is 379 g/mol. The maximum absolute atomic E-state index is 13.1. The number of carbonyl (C=O) groups is 1. The predicted octanol–water partition coefficient (Wildman–Crippen LogP) is 4.51. The van der Waals surface area contributed by atoms with E-state index < -0.39 is 0 Å². The van der Waals surface area contributed by atoms with Crippen LogP contribution in [-0.2, 0) is 4.79 Å². The minimum Gasteiger partial charge on any atom is -0.355 e. The minimum absolute atomic E-state index is 0.0283. The van der Waals surface area contributed by atoms with Crippen LogP contribution in [0.15, 0.2) is 48.3 Å². The Balaban J connectivity index is 1.31. The highest BCUT2D eigenvalue weighted by Crippen LogP contribution is 2.24. The van der Waals surface area contributed by atoms with E-state index in [4.69, 9.17) is 0 Å². The first-order valence-electron chi connectivity index (χ1n) is 11.0. The highest BCUT2D eigenvalue weighted by molar-refractivity contribution is 5.79. The number of halogens is 1. The molecule has 2 heterocycles. The Hall–Kier alpha value is -2.76. The topological polar surface area (TPSA) is 58.1 Å². The summed E-state index contributed by atoms with van der Waals surface area (Å²) in [7, 11) is 0. The Morgan fingerprint density at radius 1 is 1.10 bits per heavy atom. The average Bonchev–Trinajstić information content (AvgIpc) is 2.80. The molecule has 2 aromatic rings. The van der Waals surface area contributed by atoms with Crippen LogP contribution in [0.25, 0.3) is 11.1 Å². The number of piperidine rings is 1. The maximum Gasteiger partial charge on any atom is 0.225 e. The number of allylic oxidation sites excluding steroid dienone is 1. The second-order valence-corrected chi connectivity index (χ2v) is 8.21. The Labute approximate surface area is 177 Å². The van der Waals surface area contributed by atoms with Gasteiger partial charge in [-0.3, -0.25) is 4.79 Å². The molecule has 1 aliphatic carbocycles. The van der Waals surface area contributed by atoms with Gasteiger partial charge in [-0.2, -0.15) is 0 Å². The van der Waals surface area contributed by atoms with Crippen LogP contribution in [0.4, 0.5) is 10.3 Å². The van der Waals surface area contributed by atoms with Gasteiger partial charge in [-0.15, -0.1) is 0 Å². The summed E-state index contributed by atoms with van der Waals surface area (Å²) in [6.07, 6.45) is 13.6. The lowest BCUT2D eigenvalue weighted by molar-refractivity contribution is -0.125. The van der Waals surface area contributed by atoms with Crippen LogP contribution in [0.5, 0.6) is 0 Å². The van der Waals surface area contributed by atoms with Crippen molar-refractivity contribution < 1.29 is 9.18 Å². The number of amides is 1. The number of rotatable bonds is 6. The van der Waals surface area contributed by atoms with Crippen molar-refractivity contribution in [2.75, 3.05) is 24.5 Å². The summed E-state index contributed by atoms with van der Waals surface area (Å²) < 4.78 is 13.1. The summed E-state index contributed by atoms with van der Waals surface area (Å²) in [6.45, 7) is 2.22. The van der Waals surface area contributed by atoms with Crippen LogP contribution in [0.2, 0.25) is 0 Å². The first kappa shape index (κ1) is 20.5. The number of nitrogens with one attached hydrogen (secondary N) is 1. The number of carbonyl (C=O) groups excluding carboxylic acids is 1. The summed E-state index contributed by atoms with van der Waals surface area (Å²) in [5.41, 5.74) is 3.22. The standard InChI is InChI=1S/C24H29FN4O/c25-22-10-8-19(9-11-22)21-15-27-24(28-16-21)29-14-4-7-20(17-29)23(30)26-13-12-18-5-2-1-3-6-18/h5,8-11,15-16,20H,1-4,6-7,12-14,17H2,(H,26,30)/t20-/m0/s1. The van der Waals surface area contributed by atoms with E-state index in [0.29, 0.717) is 12.5 Å². The highest BCUT2D eigenvalue weighted by atomic mass is 19.1. The van der Waals surface area contributed by atoms with Gasteiger partial charge in [-0.05, 0) is 62.6 Å². The van der Waals surface area contributed by atoms with Crippen LogP contribution in [0, 0.1) is 11.7 Å². The van der Waals surface area contributed by atoms with E-state index in [-0.39, 0.29) is 17.6 Å². The quantitative estimate of drug-likeness (QED) is 0.715. The summed E-state index contributed by atoms with van der Waals surface area (Å²) in [5, 5.41) is 3.13. The molecular formula is C24H29FN4O. The Morgan fingerprint density at radius 2 is 1.90 bits per heavy atom. The molecule has 1 saturated heterocycles. The van der Waals surface area contributed by atoms with Crippen molar-refractivity contribution in [2.24, 2.45) is 5.92 Å². The molecule has 158 valence electrons. The average molecular weight is 409 g/mol. The maximum atomic E-state index is 13.1. The lowest BCUT2D eigenvalue weighted by Crippen LogP contribution is -2.44. The first-order chi connectivity index (χ1) is 14.7. The molecule has 0 saturated carbocycles. The molecule has 1 aromatic carbocycles. The molecule has 1 fully saturated rings. The second-order valence-electron chi connectivity index (χ2n) is 8.21. The van der Waals surface area contributed by atoms with Gasteiger partial charge < -0.3 is 10.2 Å². The van der Waals surface area contributed by atoms with E-state index in [9.17, 15) is 9.18 Å². The SMILES string of the molecule is O=C(NCCC1=CCCCC1)[C@H]1CCCN(c2ncc(-c3ccc(F)cc3)cn2)C1. The van der Waals surface area contributed by atoms with E-state index in [1.54, 1.807) is 24.5 Å². The lowest BCUT2D eigenvalue weighted by atomic mass is 9.96. The zero-order valence-corrected chi connectivity index (χ0v) is 17.3. The van der Waals surface area contributed by atoms with Crippen molar-refractivity contribution in [3.8, 4) is 11.1 Å². The third-order valence-electron chi connectivity index (χ3n) is 6.02. The molecule has 0 spiro atoms. The Kier molecular flexibility index (Phi) is 6.72. The van der Waals surface area contributed by atoms with Gasteiger partial charge in [0.1, 0.15) is 5.82 Å². The second kappa shape index (κ2) is 9.83. The van der Waals surface area contributed by atoms with Crippen molar-refractivity contribution in [3.05, 3.63) is 54.1 Å². The van der Waals surface area contributed by atoms with E-state index in [1.165, 1.54) is 43.4 Å². The molecule has 30 heavy (non-hydrogen) atoms. The van der Waals surface area contributed by atoms with Gasteiger partial charge in [0.2, 0.25) is 11.9 Å². The van der Waals surface area contributed by atoms with Gasteiger partial charge in [0.15, 0.2) is 0 Å². The largest absolute Gasteiger partial charge is 0.355 e. The summed E-state index contributed by atoms with van der Waals surface area (Å²) in [5.74, 6) is 0.494. The van der Waals surface area contributed by atoms with Gasteiger partial charge in [0.05, 0.1) is 5.92 Å². The van der Waals surface area contributed by atoms with E-state index in [2.05, 4.69) is 26.3 Å². The summed E-state index contributed by atoms with van der Waals surface area (Å²) in [4.78, 5) is 23.7. The Morgan fingerprint density at radius 3 is 2.63 bits per heavy atom. The van der Waals surface area contributed by atoms with Crippen LogP contribution < -0.4 is 10.2 Å². The highest BCUT2D eigenvalue weighted by Gasteiger charge is 2.27.